The van der Waals surface area contributed by atoms with Crippen molar-refractivity contribution in [1.29, 1.82) is 0 Å². The summed E-state index contributed by atoms with van der Waals surface area (Å²) >= 11 is 0. The van der Waals surface area contributed by atoms with Crippen molar-refractivity contribution < 1.29 is 47.0 Å². The highest BCUT2D eigenvalue weighted by molar-refractivity contribution is 5.89. The Morgan fingerprint density at radius 3 is 2.19 bits per heavy atom. The summed E-state index contributed by atoms with van der Waals surface area (Å²) in [5, 5.41) is 15.6. The van der Waals surface area contributed by atoms with Gasteiger partial charge in [0.25, 0.3) is 5.91 Å². The fraction of sp³-hybridized carbons (Fsp3) is 0.500. The third kappa shape index (κ3) is 7.06. The lowest BCUT2D eigenvalue weighted by Crippen LogP contribution is -2.44. The van der Waals surface area contributed by atoms with Gasteiger partial charge in [0, 0.05) is 56.2 Å². The zero-order chi connectivity index (χ0) is 27.5. The number of carboxylic acids is 2. The van der Waals surface area contributed by atoms with Gasteiger partial charge in [-0.1, -0.05) is 0 Å². The van der Waals surface area contributed by atoms with Crippen LogP contribution < -0.4 is 5.73 Å². The zero-order valence-corrected chi connectivity index (χ0v) is 19.7. The number of amides is 2. The first-order chi connectivity index (χ1) is 17.3. The summed E-state index contributed by atoms with van der Waals surface area (Å²) in [5.41, 5.74) is 4.16. The Balaban J connectivity index is 0.000000414. The zero-order valence-electron chi connectivity index (χ0n) is 19.7. The highest BCUT2D eigenvalue weighted by Gasteiger charge is 2.55. The van der Waals surface area contributed by atoms with Gasteiger partial charge in [-0.3, -0.25) is 9.59 Å². The molecule has 0 radical (unpaired) electrons. The van der Waals surface area contributed by atoms with E-state index in [0.29, 0.717) is 37.9 Å². The smallest absolute Gasteiger partial charge is 0.328 e. The second kappa shape index (κ2) is 11.3. The summed E-state index contributed by atoms with van der Waals surface area (Å²) in [6.07, 6.45) is 2.18. The molecule has 1 aliphatic carbocycles. The Bertz CT molecular complexity index is 1090. The molecule has 4 N–H and O–H groups in total. The second-order valence-corrected chi connectivity index (χ2v) is 9.41. The first-order valence-corrected chi connectivity index (χ1v) is 11.6. The number of carbonyl (C=O) groups is 4. The molecule has 13 heteroatoms. The number of fused-ring (bicyclic) bond motifs is 1. The van der Waals surface area contributed by atoms with Gasteiger partial charge in [0.05, 0.1) is 6.04 Å². The van der Waals surface area contributed by atoms with Crippen molar-refractivity contribution in [1.82, 2.24) is 9.80 Å². The molecule has 1 aromatic rings. The van der Waals surface area contributed by atoms with Gasteiger partial charge in [-0.05, 0) is 37.3 Å². The molecule has 0 aromatic heterocycles. The van der Waals surface area contributed by atoms with Crippen molar-refractivity contribution in [3.63, 3.8) is 0 Å². The average molecular weight is 529 g/mol. The molecule has 4 rings (SSSR count). The quantitative estimate of drug-likeness (QED) is 0.277. The van der Waals surface area contributed by atoms with Gasteiger partial charge in [0.2, 0.25) is 5.91 Å². The maximum Gasteiger partial charge on any atom is 0.328 e. The van der Waals surface area contributed by atoms with Crippen molar-refractivity contribution in [2.45, 2.75) is 49.9 Å². The molecule has 9 nitrogen and oxygen atoms in total. The summed E-state index contributed by atoms with van der Waals surface area (Å²) in [6.45, 7) is 1.29. The van der Waals surface area contributed by atoms with Crippen LogP contribution in [0.25, 0.3) is 0 Å². The number of halogens is 4. The number of nitrogens with zero attached hydrogens (tertiary/aromatic N) is 2. The highest BCUT2D eigenvalue weighted by Crippen LogP contribution is 2.43. The molecule has 3 aliphatic rings. The Kier molecular flexibility index (Phi) is 8.57. The third-order valence-electron chi connectivity index (χ3n) is 6.60. The SMILES string of the molecule is N[C@@H](CC(=O)N1CC[C@H]2CN(C(=O)C3(F)CC3)C[C@H]21)Cc1cc(F)c(F)cc1F.O=C(O)C=CC(=O)O. The van der Waals surface area contributed by atoms with Gasteiger partial charge in [-0.2, -0.15) is 0 Å². The van der Waals surface area contributed by atoms with Crippen LogP contribution in [0.5, 0.6) is 0 Å². The first kappa shape index (κ1) is 28.1. The van der Waals surface area contributed by atoms with E-state index in [1.54, 1.807) is 4.90 Å². The van der Waals surface area contributed by atoms with Gasteiger partial charge in [0.15, 0.2) is 17.3 Å². The Morgan fingerprint density at radius 2 is 1.62 bits per heavy atom. The van der Waals surface area contributed by atoms with Gasteiger partial charge in [0.1, 0.15) is 5.82 Å². The van der Waals surface area contributed by atoms with Crippen molar-refractivity contribution in [2.24, 2.45) is 11.7 Å². The van der Waals surface area contributed by atoms with E-state index in [0.717, 1.165) is 12.5 Å². The van der Waals surface area contributed by atoms with Crippen LogP contribution in [0, 0.1) is 23.4 Å². The molecule has 2 amide bonds. The number of hydrogen-bond donors (Lipinski definition) is 3. The minimum atomic E-state index is -1.72. The van der Waals surface area contributed by atoms with E-state index >= 15 is 0 Å². The lowest BCUT2D eigenvalue weighted by Gasteiger charge is -2.26. The number of hydrogen-bond acceptors (Lipinski definition) is 5. The van der Waals surface area contributed by atoms with E-state index in [1.807, 2.05) is 0 Å². The molecule has 37 heavy (non-hydrogen) atoms. The number of rotatable bonds is 7. The summed E-state index contributed by atoms with van der Waals surface area (Å²) in [4.78, 5) is 47.2. The van der Waals surface area contributed by atoms with Crippen LogP contribution in [0.3, 0.4) is 0 Å². The van der Waals surface area contributed by atoms with Gasteiger partial charge >= 0.3 is 11.9 Å². The average Bonchev–Trinajstić information content (AvgIpc) is 3.24. The van der Waals surface area contributed by atoms with Crippen molar-refractivity contribution in [2.75, 3.05) is 19.6 Å². The molecular formula is C24H27F4N3O6. The predicted molar refractivity (Wildman–Crippen MR) is 120 cm³/mol. The lowest BCUT2D eigenvalue weighted by molar-refractivity contribution is -0.138. The molecule has 2 saturated heterocycles. The third-order valence-corrected chi connectivity index (χ3v) is 6.60. The van der Waals surface area contributed by atoms with E-state index in [9.17, 15) is 36.7 Å². The van der Waals surface area contributed by atoms with Crippen LogP contribution in [0.1, 0.15) is 31.2 Å². The summed E-state index contributed by atoms with van der Waals surface area (Å²) in [5.74, 6) is -6.46. The molecule has 3 fully saturated rings. The number of aliphatic carboxylic acids is 2. The number of alkyl halides is 1. The fourth-order valence-electron chi connectivity index (χ4n) is 4.60. The summed E-state index contributed by atoms with van der Waals surface area (Å²) in [6, 6.07) is 0.291. The van der Waals surface area contributed by atoms with Crippen LogP contribution in [-0.4, -0.2) is 81.2 Å². The Labute approximate surface area is 209 Å². The van der Waals surface area contributed by atoms with E-state index < -0.39 is 47.0 Å². The van der Waals surface area contributed by atoms with Gasteiger partial charge in [-0.15, -0.1) is 0 Å². The Morgan fingerprint density at radius 1 is 1.03 bits per heavy atom. The monoisotopic (exact) mass is 529 g/mol. The number of nitrogens with two attached hydrogens (primary N) is 1. The van der Waals surface area contributed by atoms with Gasteiger partial charge < -0.3 is 25.7 Å². The minimum Gasteiger partial charge on any atom is -0.478 e. The van der Waals surface area contributed by atoms with E-state index in [1.165, 1.54) is 4.90 Å². The largest absolute Gasteiger partial charge is 0.478 e. The Hall–Kier alpha value is -3.48. The molecular weight excluding hydrogens is 502 g/mol. The van der Waals surface area contributed by atoms with Crippen LogP contribution >= 0.6 is 0 Å². The standard InChI is InChI=1S/C20H23F4N3O2.C4H4O4/c21-14-8-16(23)15(22)6-12(14)5-13(25)7-18(28)27-4-1-11-9-26(10-17(11)27)19(29)20(24)2-3-20;5-3(6)1-2-4(7)8/h6,8,11,13,17H,1-5,7,9-10,25H2;1-2H,(H,5,6)(H,7,8)/t11-,13+,17+;/m0./s1. The fourth-order valence-corrected chi connectivity index (χ4v) is 4.60. The number of carboxylic acid groups (broad SMARTS) is 2. The topological polar surface area (TPSA) is 141 Å². The molecule has 2 heterocycles. The summed E-state index contributed by atoms with van der Waals surface area (Å²) < 4.78 is 54.3. The van der Waals surface area contributed by atoms with Gasteiger partial charge in [-0.25, -0.2) is 27.2 Å². The predicted octanol–water partition coefficient (Wildman–Crippen LogP) is 1.64. The van der Waals surface area contributed by atoms with Crippen LogP contribution in [0.4, 0.5) is 17.6 Å². The van der Waals surface area contributed by atoms with Crippen LogP contribution in [0.2, 0.25) is 0 Å². The number of benzene rings is 1. The summed E-state index contributed by atoms with van der Waals surface area (Å²) in [7, 11) is 0. The molecule has 0 unspecified atom stereocenters. The highest BCUT2D eigenvalue weighted by atomic mass is 19.2. The number of likely N-dealkylation sites (tertiary alicyclic amines) is 2. The van der Waals surface area contributed by atoms with Crippen LogP contribution in [-0.2, 0) is 25.6 Å². The normalized spacial score (nSPS) is 22.3. The maximum atomic E-state index is 14.1. The second-order valence-electron chi connectivity index (χ2n) is 9.41. The first-order valence-electron chi connectivity index (χ1n) is 11.6. The molecule has 2 aliphatic heterocycles. The van der Waals surface area contributed by atoms with Crippen LogP contribution in [0.15, 0.2) is 24.3 Å². The van der Waals surface area contributed by atoms with E-state index in [-0.39, 0.29) is 49.1 Å². The molecule has 3 atom stereocenters. The number of carbonyl (C=O) groups excluding carboxylic acids is 2. The maximum absolute atomic E-state index is 14.1. The van der Waals surface area contributed by atoms with E-state index in [2.05, 4.69) is 0 Å². The molecule has 202 valence electrons. The molecule has 0 bridgehead atoms. The molecule has 1 saturated carbocycles. The minimum absolute atomic E-state index is 0.0807. The van der Waals surface area contributed by atoms with E-state index in [4.69, 9.17) is 15.9 Å². The molecule has 0 spiro atoms. The molecule has 1 aromatic carbocycles. The van der Waals surface area contributed by atoms with Crippen molar-refractivity contribution in [3.8, 4) is 0 Å². The lowest BCUT2D eigenvalue weighted by atomic mass is 10.0. The van der Waals surface area contributed by atoms with Crippen molar-refractivity contribution in [3.05, 3.63) is 47.3 Å². The van der Waals surface area contributed by atoms with Crippen molar-refractivity contribution >= 4 is 23.8 Å².